The monoisotopic (exact) mass is 266 g/mol. The fourth-order valence-corrected chi connectivity index (χ4v) is 2.33. The normalized spacial score (nSPS) is 21.3. The third-order valence-corrected chi connectivity index (χ3v) is 3.62. The largest absolute Gasteiger partial charge is 0.358 e. The zero-order chi connectivity index (χ0) is 14.3. The fourth-order valence-electron chi connectivity index (χ4n) is 2.33. The quantitative estimate of drug-likeness (QED) is 0.539. The Kier molecular flexibility index (Phi) is 5.21. The minimum absolute atomic E-state index is 0.550. The van der Waals surface area contributed by atoms with Crippen molar-refractivity contribution in [2.75, 3.05) is 6.61 Å². The summed E-state index contributed by atoms with van der Waals surface area (Å²) in [6.07, 6.45) is 16.2. The van der Waals surface area contributed by atoms with Gasteiger partial charge in [-0.25, -0.2) is 0 Å². The van der Waals surface area contributed by atoms with Gasteiger partial charge in [0.25, 0.3) is 0 Å². The molecule has 2 rings (SSSR count). The minimum Gasteiger partial charge on any atom is -0.358 e. The van der Waals surface area contributed by atoms with Crippen molar-refractivity contribution in [1.82, 2.24) is 0 Å². The van der Waals surface area contributed by atoms with E-state index in [1.807, 2.05) is 24.3 Å². The molecule has 0 N–H and O–H groups in total. The molecule has 104 valence electrons. The lowest BCUT2D eigenvalue weighted by atomic mass is 9.90. The molecule has 0 fully saturated rings. The van der Waals surface area contributed by atoms with Crippen LogP contribution in [0.1, 0.15) is 38.2 Å². The SMILES string of the molecule is C#CC1(OCCCCC)C=CC(c2ccccc2)=CC1. The van der Waals surface area contributed by atoms with Crippen LogP contribution in [0.25, 0.3) is 5.57 Å². The van der Waals surface area contributed by atoms with Gasteiger partial charge < -0.3 is 4.74 Å². The topological polar surface area (TPSA) is 9.23 Å². The van der Waals surface area contributed by atoms with E-state index in [-0.39, 0.29) is 0 Å². The zero-order valence-electron chi connectivity index (χ0n) is 12.1. The van der Waals surface area contributed by atoms with Crippen LogP contribution in [0.15, 0.2) is 48.6 Å². The van der Waals surface area contributed by atoms with Gasteiger partial charge in [0, 0.05) is 13.0 Å². The molecule has 0 heterocycles. The summed E-state index contributed by atoms with van der Waals surface area (Å²) in [6, 6.07) is 10.4. The van der Waals surface area contributed by atoms with Gasteiger partial charge in [0.1, 0.15) is 0 Å². The van der Waals surface area contributed by atoms with Gasteiger partial charge in [-0.1, -0.05) is 68.2 Å². The summed E-state index contributed by atoms with van der Waals surface area (Å²) in [4.78, 5) is 0. The summed E-state index contributed by atoms with van der Waals surface area (Å²) in [5, 5.41) is 0. The van der Waals surface area contributed by atoms with Crippen LogP contribution >= 0.6 is 0 Å². The zero-order valence-corrected chi connectivity index (χ0v) is 12.1. The van der Waals surface area contributed by atoms with Gasteiger partial charge in [-0.3, -0.25) is 0 Å². The summed E-state index contributed by atoms with van der Waals surface area (Å²) in [5.74, 6) is 2.81. The number of allylic oxidation sites excluding steroid dienone is 2. The summed E-state index contributed by atoms with van der Waals surface area (Å²) in [7, 11) is 0. The van der Waals surface area contributed by atoms with Gasteiger partial charge in [-0.05, 0) is 23.6 Å². The Balaban J connectivity index is 1.99. The van der Waals surface area contributed by atoms with Crippen LogP contribution in [0.3, 0.4) is 0 Å². The van der Waals surface area contributed by atoms with Crippen molar-refractivity contribution in [3.05, 3.63) is 54.1 Å². The van der Waals surface area contributed by atoms with Crippen molar-refractivity contribution in [3.63, 3.8) is 0 Å². The average Bonchev–Trinajstić information content (AvgIpc) is 2.53. The molecule has 1 nitrogen and oxygen atoms in total. The van der Waals surface area contributed by atoms with Crippen molar-refractivity contribution in [1.29, 1.82) is 0 Å². The van der Waals surface area contributed by atoms with Crippen molar-refractivity contribution >= 4 is 5.57 Å². The predicted octanol–water partition coefficient (Wildman–Crippen LogP) is 4.61. The van der Waals surface area contributed by atoms with Crippen LogP contribution in [0.5, 0.6) is 0 Å². The fraction of sp³-hybridized carbons (Fsp3) is 0.368. The second-order valence-electron chi connectivity index (χ2n) is 5.15. The molecule has 0 saturated heterocycles. The Morgan fingerprint density at radius 3 is 2.65 bits per heavy atom. The van der Waals surface area contributed by atoms with E-state index in [9.17, 15) is 0 Å². The average molecular weight is 266 g/mol. The van der Waals surface area contributed by atoms with Crippen LogP contribution in [0.4, 0.5) is 0 Å². The van der Waals surface area contributed by atoms with Crippen molar-refractivity contribution in [2.24, 2.45) is 0 Å². The highest BCUT2D eigenvalue weighted by molar-refractivity contribution is 5.75. The Hall–Kier alpha value is -1.78. The van der Waals surface area contributed by atoms with Crippen LogP contribution in [0, 0.1) is 12.3 Å². The number of rotatable bonds is 6. The van der Waals surface area contributed by atoms with E-state index >= 15 is 0 Å². The van der Waals surface area contributed by atoms with E-state index in [0.717, 1.165) is 19.4 Å². The number of benzene rings is 1. The maximum Gasteiger partial charge on any atom is 0.150 e. The Morgan fingerprint density at radius 1 is 1.25 bits per heavy atom. The van der Waals surface area contributed by atoms with E-state index in [0.29, 0.717) is 0 Å². The molecule has 1 aliphatic rings. The lowest BCUT2D eigenvalue weighted by molar-refractivity contribution is 0.0341. The van der Waals surface area contributed by atoms with Crippen molar-refractivity contribution in [2.45, 2.75) is 38.2 Å². The summed E-state index contributed by atoms with van der Waals surface area (Å²) < 4.78 is 5.94. The van der Waals surface area contributed by atoms with E-state index < -0.39 is 5.60 Å². The predicted molar refractivity (Wildman–Crippen MR) is 85.2 cm³/mol. The van der Waals surface area contributed by atoms with Gasteiger partial charge in [0.05, 0.1) is 0 Å². The summed E-state index contributed by atoms with van der Waals surface area (Å²) in [5.41, 5.74) is 1.89. The molecule has 0 bridgehead atoms. The number of terminal acetylenes is 1. The first kappa shape index (κ1) is 14.6. The summed E-state index contributed by atoms with van der Waals surface area (Å²) in [6.45, 7) is 2.92. The summed E-state index contributed by atoms with van der Waals surface area (Å²) >= 11 is 0. The lowest BCUT2D eigenvalue weighted by Gasteiger charge is -2.27. The molecule has 20 heavy (non-hydrogen) atoms. The molecule has 0 saturated carbocycles. The number of ether oxygens (including phenoxy) is 1. The Labute approximate surface area is 122 Å². The first-order chi connectivity index (χ1) is 9.79. The van der Waals surface area contributed by atoms with Crippen LogP contribution in [0.2, 0.25) is 0 Å². The molecule has 1 aliphatic carbocycles. The van der Waals surface area contributed by atoms with E-state index in [1.165, 1.54) is 24.0 Å². The highest BCUT2D eigenvalue weighted by Crippen LogP contribution is 2.29. The van der Waals surface area contributed by atoms with Crippen LogP contribution in [-0.4, -0.2) is 12.2 Å². The molecular formula is C19H22O. The highest BCUT2D eigenvalue weighted by atomic mass is 16.5. The van der Waals surface area contributed by atoms with Crippen molar-refractivity contribution in [3.8, 4) is 12.3 Å². The van der Waals surface area contributed by atoms with Crippen LogP contribution < -0.4 is 0 Å². The van der Waals surface area contributed by atoms with E-state index in [4.69, 9.17) is 11.2 Å². The molecule has 0 radical (unpaired) electrons. The van der Waals surface area contributed by atoms with Gasteiger partial charge in [0.2, 0.25) is 0 Å². The molecular weight excluding hydrogens is 244 g/mol. The van der Waals surface area contributed by atoms with E-state index in [1.54, 1.807) is 0 Å². The molecule has 0 spiro atoms. The maximum absolute atomic E-state index is 5.94. The standard InChI is InChI=1S/C19H22O/c1-3-5-9-16-20-19(4-2)14-12-18(13-15-19)17-10-7-6-8-11-17/h2,6-8,10-14H,3,5,9,15-16H2,1H3. The van der Waals surface area contributed by atoms with Crippen LogP contribution in [-0.2, 0) is 4.74 Å². The highest BCUT2D eigenvalue weighted by Gasteiger charge is 2.26. The Morgan fingerprint density at radius 2 is 2.05 bits per heavy atom. The second-order valence-corrected chi connectivity index (χ2v) is 5.15. The molecule has 1 aromatic rings. The first-order valence-electron chi connectivity index (χ1n) is 7.36. The second kappa shape index (κ2) is 7.12. The molecule has 1 aromatic carbocycles. The lowest BCUT2D eigenvalue weighted by Crippen LogP contribution is -2.29. The van der Waals surface area contributed by atoms with Crippen molar-refractivity contribution < 1.29 is 4.74 Å². The maximum atomic E-state index is 5.94. The molecule has 1 atom stereocenters. The molecule has 0 aromatic heterocycles. The first-order valence-corrected chi connectivity index (χ1v) is 7.36. The molecule has 1 unspecified atom stereocenters. The van der Waals surface area contributed by atoms with Gasteiger partial charge >= 0.3 is 0 Å². The third kappa shape index (κ3) is 3.62. The van der Waals surface area contributed by atoms with E-state index in [2.05, 4.69) is 37.1 Å². The Bertz CT molecular complexity index is 518. The molecule has 1 heteroatoms. The smallest absolute Gasteiger partial charge is 0.150 e. The number of hydrogen-bond donors (Lipinski definition) is 0. The van der Waals surface area contributed by atoms with Gasteiger partial charge in [0.15, 0.2) is 5.60 Å². The molecule has 0 amide bonds. The van der Waals surface area contributed by atoms with Gasteiger partial charge in [-0.2, -0.15) is 0 Å². The molecule has 0 aliphatic heterocycles. The minimum atomic E-state index is -0.550. The van der Waals surface area contributed by atoms with Gasteiger partial charge in [-0.15, -0.1) is 6.42 Å². The number of unbranched alkanes of at least 4 members (excludes halogenated alkanes) is 2. The third-order valence-electron chi connectivity index (χ3n) is 3.62. The number of hydrogen-bond acceptors (Lipinski definition) is 1.